The van der Waals surface area contributed by atoms with Gasteiger partial charge in [-0.3, -0.25) is 4.79 Å². The largest absolute Gasteiger partial charge is 0.482 e. The van der Waals surface area contributed by atoms with Gasteiger partial charge in [-0.2, -0.15) is 0 Å². The number of carbonyl (C=O) groups is 1. The minimum absolute atomic E-state index is 0.00245. The number of amides is 1. The molecule has 1 amide bonds. The highest BCUT2D eigenvalue weighted by Crippen LogP contribution is 2.37. The Bertz CT molecular complexity index is 434. The molecule has 1 aliphatic carbocycles. The number of ether oxygens (including phenoxy) is 1. The molecule has 2 unspecified atom stereocenters. The molecule has 0 bridgehead atoms. The average molecular weight is 248 g/mol. The SMILES string of the molecule is CC1CC1CN(C)C(=O)COc1ccccc1N. The molecule has 2 N–H and O–H groups in total. The minimum atomic E-state index is -0.00245. The Balaban J connectivity index is 1.79. The smallest absolute Gasteiger partial charge is 0.260 e. The van der Waals surface area contributed by atoms with Crippen LogP contribution in [0.1, 0.15) is 13.3 Å². The van der Waals surface area contributed by atoms with E-state index in [0.717, 1.165) is 12.5 Å². The van der Waals surface area contributed by atoms with Crippen molar-refractivity contribution in [2.75, 3.05) is 25.9 Å². The average Bonchev–Trinajstić information content (AvgIpc) is 3.03. The van der Waals surface area contributed by atoms with E-state index in [9.17, 15) is 4.79 Å². The third kappa shape index (κ3) is 3.15. The normalized spacial score (nSPS) is 21.4. The molecule has 0 heterocycles. The second-order valence-electron chi connectivity index (χ2n) is 5.07. The van der Waals surface area contributed by atoms with Crippen molar-refractivity contribution >= 4 is 11.6 Å². The predicted molar refractivity (Wildman–Crippen MR) is 71.3 cm³/mol. The van der Waals surface area contributed by atoms with Crippen LogP contribution in [0.15, 0.2) is 24.3 Å². The first-order chi connectivity index (χ1) is 8.58. The molecule has 98 valence electrons. The van der Waals surface area contributed by atoms with Crippen LogP contribution in [0, 0.1) is 11.8 Å². The van der Waals surface area contributed by atoms with Crippen molar-refractivity contribution in [2.45, 2.75) is 13.3 Å². The van der Waals surface area contributed by atoms with Gasteiger partial charge in [0.2, 0.25) is 0 Å². The lowest BCUT2D eigenvalue weighted by molar-refractivity contribution is -0.132. The molecule has 2 atom stereocenters. The van der Waals surface area contributed by atoms with Gasteiger partial charge in [0.1, 0.15) is 5.75 Å². The highest BCUT2D eigenvalue weighted by atomic mass is 16.5. The Labute approximate surface area is 108 Å². The van der Waals surface area contributed by atoms with Crippen LogP contribution in [0.4, 0.5) is 5.69 Å². The summed E-state index contributed by atoms with van der Waals surface area (Å²) in [6, 6.07) is 7.21. The number of hydrogen-bond acceptors (Lipinski definition) is 3. The van der Waals surface area contributed by atoms with Gasteiger partial charge in [0.25, 0.3) is 5.91 Å². The summed E-state index contributed by atoms with van der Waals surface area (Å²) >= 11 is 0. The molecule has 0 spiro atoms. The Morgan fingerprint density at radius 3 is 2.78 bits per heavy atom. The molecule has 1 aromatic rings. The molecule has 0 aliphatic heterocycles. The lowest BCUT2D eigenvalue weighted by atomic mass is 10.3. The number of para-hydroxylation sites is 2. The third-order valence-electron chi connectivity index (χ3n) is 3.48. The van der Waals surface area contributed by atoms with E-state index < -0.39 is 0 Å². The van der Waals surface area contributed by atoms with Crippen molar-refractivity contribution in [3.05, 3.63) is 24.3 Å². The van der Waals surface area contributed by atoms with Gasteiger partial charge < -0.3 is 15.4 Å². The fraction of sp³-hybridized carbons (Fsp3) is 0.500. The van der Waals surface area contributed by atoms with Crippen molar-refractivity contribution in [3.8, 4) is 5.75 Å². The zero-order valence-corrected chi connectivity index (χ0v) is 10.9. The lowest BCUT2D eigenvalue weighted by Gasteiger charge is -2.17. The highest BCUT2D eigenvalue weighted by Gasteiger charge is 2.34. The first-order valence-corrected chi connectivity index (χ1v) is 6.29. The second kappa shape index (κ2) is 5.29. The van der Waals surface area contributed by atoms with Crippen LogP contribution in [0.3, 0.4) is 0 Å². The quantitative estimate of drug-likeness (QED) is 0.808. The molecule has 4 heteroatoms. The van der Waals surface area contributed by atoms with Crippen molar-refractivity contribution in [2.24, 2.45) is 11.8 Å². The van der Waals surface area contributed by atoms with Crippen molar-refractivity contribution < 1.29 is 9.53 Å². The summed E-state index contributed by atoms with van der Waals surface area (Å²) in [5.41, 5.74) is 6.30. The van der Waals surface area contributed by atoms with E-state index in [1.165, 1.54) is 6.42 Å². The molecule has 1 aromatic carbocycles. The number of hydrogen-bond donors (Lipinski definition) is 1. The van der Waals surface area contributed by atoms with E-state index in [2.05, 4.69) is 6.92 Å². The van der Waals surface area contributed by atoms with Crippen LogP contribution in [0.25, 0.3) is 0 Å². The maximum absolute atomic E-state index is 11.9. The number of benzene rings is 1. The topological polar surface area (TPSA) is 55.6 Å². The third-order valence-corrected chi connectivity index (χ3v) is 3.48. The Kier molecular flexibility index (Phi) is 3.75. The van der Waals surface area contributed by atoms with Gasteiger partial charge in [-0.15, -0.1) is 0 Å². The first-order valence-electron chi connectivity index (χ1n) is 6.29. The maximum Gasteiger partial charge on any atom is 0.260 e. The zero-order valence-electron chi connectivity index (χ0n) is 10.9. The Morgan fingerprint density at radius 1 is 1.50 bits per heavy atom. The molecule has 0 radical (unpaired) electrons. The molecule has 18 heavy (non-hydrogen) atoms. The lowest BCUT2D eigenvalue weighted by Crippen LogP contribution is -2.33. The molecular formula is C14H20N2O2. The van der Waals surface area contributed by atoms with Gasteiger partial charge >= 0.3 is 0 Å². The fourth-order valence-corrected chi connectivity index (χ4v) is 1.97. The number of rotatable bonds is 5. The van der Waals surface area contributed by atoms with E-state index in [-0.39, 0.29) is 12.5 Å². The van der Waals surface area contributed by atoms with E-state index in [4.69, 9.17) is 10.5 Å². The first kappa shape index (κ1) is 12.7. The zero-order chi connectivity index (χ0) is 13.1. The van der Waals surface area contributed by atoms with Crippen molar-refractivity contribution in [1.29, 1.82) is 0 Å². The summed E-state index contributed by atoms with van der Waals surface area (Å²) < 4.78 is 5.43. The fourth-order valence-electron chi connectivity index (χ4n) is 1.97. The second-order valence-corrected chi connectivity index (χ2v) is 5.07. The van der Waals surface area contributed by atoms with Crippen LogP contribution in [0.2, 0.25) is 0 Å². The summed E-state index contributed by atoms with van der Waals surface area (Å²) in [6.07, 6.45) is 1.23. The number of nitrogen functional groups attached to an aromatic ring is 1. The van der Waals surface area contributed by atoms with Crippen LogP contribution in [-0.4, -0.2) is 31.0 Å². The van der Waals surface area contributed by atoms with Crippen LogP contribution in [-0.2, 0) is 4.79 Å². The van der Waals surface area contributed by atoms with Gasteiger partial charge in [0, 0.05) is 13.6 Å². The molecule has 0 saturated heterocycles. The molecule has 1 fully saturated rings. The summed E-state index contributed by atoms with van der Waals surface area (Å²) in [5.74, 6) is 1.99. The Morgan fingerprint density at radius 2 is 2.17 bits per heavy atom. The van der Waals surface area contributed by atoms with Crippen molar-refractivity contribution in [3.63, 3.8) is 0 Å². The summed E-state index contributed by atoms with van der Waals surface area (Å²) in [5, 5.41) is 0. The van der Waals surface area contributed by atoms with Gasteiger partial charge in [0.05, 0.1) is 5.69 Å². The number of nitrogens with zero attached hydrogens (tertiary/aromatic N) is 1. The van der Waals surface area contributed by atoms with Gasteiger partial charge in [-0.1, -0.05) is 19.1 Å². The monoisotopic (exact) mass is 248 g/mol. The Hall–Kier alpha value is -1.71. The van der Waals surface area contributed by atoms with E-state index in [0.29, 0.717) is 17.4 Å². The maximum atomic E-state index is 11.9. The number of nitrogens with two attached hydrogens (primary N) is 1. The number of anilines is 1. The number of likely N-dealkylation sites (N-methyl/N-ethyl adjacent to an activating group) is 1. The minimum Gasteiger partial charge on any atom is -0.482 e. The van der Waals surface area contributed by atoms with E-state index in [1.807, 2.05) is 19.2 Å². The van der Waals surface area contributed by atoms with Gasteiger partial charge in [0.15, 0.2) is 6.61 Å². The van der Waals surface area contributed by atoms with Gasteiger partial charge in [-0.05, 0) is 30.4 Å². The molecular weight excluding hydrogens is 228 g/mol. The molecule has 1 aliphatic rings. The molecule has 0 aromatic heterocycles. The molecule has 4 nitrogen and oxygen atoms in total. The summed E-state index contributed by atoms with van der Waals surface area (Å²) in [4.78, 5) is 13.6. The van der Waals surface area contributed by atoms with Crippen LogP contribution in [0.5, 0.6) is 5.75 Å². The predicted octanol–water partition coefficient (Wildman–Crippen LogP) is 1.76. The van der Waals surface area contributed by atoms with E-state index in [1.54, 1.807) is 17.0 Å². The van der Waals surface area contributed by atoms with Crippen LogP contribution >= 0.6 is 0 Å². The molecule has 1 saturated carbocycles. The number of carbonyl (C=O) groups excluding carboxylic acids is 1. The van der Waals surface area contributed by atoms with E-state index >= 15 is 0 Å². The standard InChI is InChI=1S/C14H20N2O2/c1-10-7-11(10)8-16(2)14(17)9-18-13-6-4-3-5-12(13)15/h3-6,10-11H,7-9,15H2,1-2H3. The summed E-state index contributed by atoms with van der Waals surface area (Å²) in [7, 11) is 1.82. The van der Waals surface area contributed by atoms with Crippen molar-refractivity contribution in [1.82, 2.24) is 4.90 Å². The van der Waals surface area contributed by atoms with Gasteiger partial charge in [-0.25, -0.2) is 0 Å². The molecule has 2 rings (SSSR count). The summed E-state index contributed by atoms with van der Waals surface area (Å²) in [6.45, 7) is 3.09. The highest BCUT2D eigenvalue weighted by molar-refractivity contribution is 5.77. The van der Waals surface area contributed by atoms with Crippen LogP contribution < -0.4 is 10.5 Å².